The highest BCUT2D eigenvalue weighted by molar-refractivity contribution is 7.56. The molecule has 0 bridgehead atoms. The Bertz CT molecular complexity index is 335. The number of methoxy groups -OCH3 is 1. The van der Waals surface area contributed by atoms with Crippen LogP contribution in [0.4, 0.5) is 0 Å². The molecule has 0 aliphatic rings. The normalized spacial score (nSPS) is 13.8. The Hall–Kier alpha value is -0.550. The van der Waals surface area contributed by atoms with Gasteiger partial charge < -0.3 is 4.74 Å². The number of hydrogen-bond acceptors (Lipinski definition) is 1. The van der Waals surface area contributed by atoms with Crippen LogP contribution < -0.4 is 4.74 Å². The molecule has 1 nitrogen and oxygen atoms in total. The van der Waals surface area contributed by atoms with E-state index < -0.39 is 0 Å². The number of hydrogen-bond donors (Lipinski definition) is 0. The van der Waals surface area contributed by atoms with Crippen molar-refractivity contribution < 1.29 is 4.74 Å². The van der Waals surface area contributed by atoms with Gasteiger partial charge in [0.1, 0.15) is 5.75 Å². The van der Waals surface area contributed by atoms with Gasteiger partial charge in [-0.05, 0) is 42.9 Å². The molecule has 0 saturated carbocycles. The molecule has 0 spiro atoms. The Kier molecular flexibility index (Phi) is 5.01. The van der Waals surface area contributed by atoms with Crippen molar-refractivity contribution in [1.29, 1.82) is 0 Å². The van der Waals surface area contributed by atoms with Crippen LogP contribution in [0.25, 0.3) is 0 Å². The summed E-state index contributed by atoms with van der Waals surface area (Å²) in [6, 6.07) is 8.59. The summed E-state index contributed by atoms with van der Waals surface area (Å²) in [4.78, 5) is 0. The van der Waals surface area contributed by atoms with Gasteiger partial charge in [0, 0.05) is 5.66 Å². The fraction of sp³-hybridized carbons (Fsp3) is 0.600. The van der Waals surface area contributed by atoms with E-state index in [1.54, 1.807) is 7.11 Å². The van der Waals surface area contributed by atoms with E-state index in [9.17, 15) is 0 Å². The quantitative estimate of drug-likeness (QED) is 0.691. The molecular weight excluding hydrogens is 227 g/mol. The monoisotopic (exact) mass is 252 g/mol. The van der Waals surface area contributed by atoms with Crippen molar-refractivity contribution in [3.63, 3.8) is 0 Å². The first-order chi connectivity index (χ1) is 7.83. The molecule has 0 aliphatic heterocycles. The molecule has 0 radical (unpaired) electrons. The first-order valence-electron chi connectivity index (χ1n) is 6.14. The highest BCUT2D eigenvalue weighted by Crippen LogP contribution is 2.50. The van der Waals surface area contributed by atoms with Gasteiger partial charge in [-0.15, -0.1) is 7.92 Å². The average Bonchev–Trinajstić information content (AvgIpc) is 2.25. The maximum absolute atomic E-state index is 5.22. The first-order valence-corrected chi connectivity index (χ1v) is 8.44. The number of rotatable bonds is 4. The summed E-state index contributed by atoms with van der Waals surface area (Å²) < 4.78 is 5.22. The summed E-state index contributed by atoms with van der Waals surface area (Å²) in [5, 5.41) is 0. The Morgan fingerprint density at radius 2 is 1.65 bits per heavy atom. The molecule has 0 N–H and O–H groups in total. The molecule has 0 heterocycles. The van der Waals surface area contributed by atoms with Crippen LogP contribution in [0.15, 0.2) is 24.3 Å². The number of ether oxygens (including phenoxy) is 1. The van der Waals surface area contributed by atoms with Gasteiger partial charge in [-0.25, -0.2) is 0 Å². The minimum atomic E-state index is 0.0408. The largest absolute Gasteiger partial charge is 0.497 e. The van der Waals surface area contributed by atoms with Crippen molar-refractivity contribution >= 4 is 7.92 Å². The summed E-state index contributed by atoms with van der Waals surface area (Å²) in [5.41, 5.74) is 2.53. The van der Waals surface area contributed by atoms with Crippen molar-refractivity contribution in [2.75, 3.05) is 20.4 Å². The van der Waals surface area contributed by atoms with Gasteiger partial charge in [0.05, 0.1) is 7.11 Å². The highest BCUT2D eigenvalue weighted by atomic mass is 31.1. The fourth-order valence-corrected chi connectivity index (χ4v) is 3.69. The third-order valence-electron chi connectivity index (χ3n) is 2.93. The minimum absolute atomic E-state index is 0.0408. The average molecular weight is 252 g/mol. The van der Waals surface area contributed by atoms with Gasteiger partial charge in [0.15, 0.2) is 0 Å². The molecule has 1 atom stereocenters. The summed E-state index contributed by atoms with van der Waals surface area (Å²) in [7, 11) is 1.76. The van der Waals surface area contributed by atoms with Crippen molar-refractivity contribution in [1.82, 2.24) is 0 Å². The van der Waals surface area contributed by atoms with E-state index in [2.05, 4.69) is 58.4 Å². The zero-order valence-electron chi connectivity index (χ0n) is 11.9. The van der Waals surface area contributed by atoms with Crippen LogP contribution in [-0.2, 0) is 0 Å². The predicted octanol–water partition coefficient (Wildman–Crippen LogP) is 4.91. The van der Waals surface area contributed by atoms with Gasteiger partial charge in [0.25, 0.3) is 0 Å². The second-order valence-electron chi connectivity index (χ2n) is 6.02. The van der Waals surface area contributed by atoms with E-state index in [4.69, 9.17) is 4.74 Å². The topological polar surface area (TPSA) is 9.23 Å². The summed E-state index contributed by atoms with van der Waals surface area (Å²) in [6.07, 6.45) is 1.25. The number of benzene rings is 1. The van der Waals surface area contributed by atoms with Crippen molar-refractivity contribution in [2.24, 2.45) is 5.41 Å². The van der Waals surface area contributed by atoms with E-state index in [0.717, 1.165) is 5.75 Å². The lowest BCUT2D eigenvalue weighted by molar-refractivity contribution is 0.372. The van der Waals surface area contributed by atoms with Gasteiger partial charge in [-0.1, -0.05) is 32.9 Å². The molecule has 1 unspecified atom stereocenters. The van der Waals surface area contributed by atoms with Crippen LogP contribution >= 0.6 is 7.92 Å². The first kappa shape index (κ1) is 14.5. The maximum atomic E-state index is 5.22. The third kappa shape index (κ3) is 4.68. The Morgan fingerprint density at radius 3 is 2.00 bits per heavy atom. The van der Waals surface area contributed by atoms with Crippen molar-refractivity contribution in [3.8, 4) is 5.75 Å². The SMILES string of the molecule is COc1ccc(C(CC(C)(C)C)P(C)C)cc1. The van der Waals surface area contributed by atoms with Crippen molar-refractivity contribution in [3.05, 3.63) is 29.8 Å². The standard InChI is InChI=1S/C15H25OP/c1-15(2,3)11-14(17(5)6)12-7-9-13(16-4)10-8-12/h7-10,14H,11H2,1-6H3. The Balaban J connectivity index is 2.89. The van der Waals surface area contributed by atoms with E-state index >= 15 is 0 Å². The smallest absolute Gasteiger partial charge is 0.118 e. The summed E-state index contributed by atoms with van der Waals surface area (Å²) in [6.45, 7) is 11.7. The van der Waals surface area contributed by atoms with E-state index in [0.29, 0.717) is 11.1 Å². The van der Waals surface area contributed by atoms with E-state index in [-0.39, 0.29) is 7.92 Å². The molecule has 0 saturated heterocycles. The molecule has 2 heteroatoms. The van der Waals surface area contributed by atoms with Gasteiger partial charge in [-0.2, -0.15) is 0 Å². The lowest BCUT2D eigenvalue weighted by atomic mass is 9.88. The van der Waals surface area contributed by atoms with Gasteiger partial charge in [0.2, 0.25) is 0 Å². The molecule has 1 aromatic carbocycles. The second-order valence-corrected chi connectivity index (χ2v) is 8.57. The minimum Gasteiger partial charge on any atom is -0.497 e. The van der Waals surface area contributed by atoms with E-state index in [1.165, 1.54) is 12.0 Å². The van der Waals surface area contributed by atoms with Crippen LogP contribution in [-0.4, -0.2) is 20.4 Å². The zero-order chi connectivity index (χ0) is 13.1. The molecule has 0 fully saturated rings. The molecule has 17 heavy (non-hydrogen) atoms. The lowest BCUT2D eigenvalue weighted by Crippen LogP contribution is -2.11. The Morgan fingerprint density at radius 1 is 1.12 bits per heavy atom. The van der Waals surface area contributed by atoms with Crippen LogP contribution in [0, 0.1) is 5.41 Å². The molecular formula is C15H25OP. The molecule has 0 aliphatic carbocycles. The zero-order valence-corrected chi connectivity index (χ0v) is 12.8. The van der Waals surface area contributed by atoms with Crippen molar-refractivity contribution in [2.45, 2.75) is 32.9 Å². The van der Waals surface area contributed by atoms with Crippen LogP contribution in [0.2, 0.25) is 0 Å². The van der Waals surface area contributed by atoms with Crippen LogP contribution in [0.1, 0.15) is 38.4 Å². The highest BCUT2D eigenvalue weighted by Gasteiger charge is 2.22. The molecule has 1 rings (SSSR count). The Labute approximate surface area is 107 Å². The molecule has 0 aromatic heterocycles. The molecule has 96 valence electrons. The van der Waals surface area contributed by atoms with Crippen LogP contribution in [0.5, 0.6) is 5.75 Å². The van der Waals surface area contributed by atoms with Crippen LogP contribution in [0.3, 0.4) is 0 Å². The summed E-state index contributed by atoms with van der Waals surface area (Å²) >= 11 is 0. The van der Waals surface area contributed by atoms with E-state index in [1.807, 2.05) is 0 Å². The fourth-order valence-electron chi connectivity index (χ4n) is 2.00. The molecule has 0 amide bonds. The molecule has 1 aromatic rings. The second kappa shape index (κ2) is 5.87. The lowest BCUT2D eigenvalue weighted by Gasteiger charge is -2.29. The summed E-state index contributed by atoms with van der Waals surface area (Å²) in [5.74, 6) is 0.944. The van der Waals surface area contributed by atoms with Gasteiger partial charge in [-0.3, -0.25) is 0 Å². The van der Waals surface area contributed by atoms with Gasteiger partial charge >= 0.3 is 0 Å². The third-order valence-corrected chi connectivity index (χ3v) is 4.66. The maximum Gasteiger partial charge on any atom is 0.118 e. The predicted molar refractivity (Wildman–Crippen MR) is 78.6 cm³/mol.